The molecular formula is C21H16N4O5S. The Bertz CT molecular complexity index is 1300. The predicted octanol–water partition coefficient (Wildman–Crippen LogP) is 4.10. The van der Waals surface area contributed by atoms with Gasteiger partial charge in [-0.3, -0.25) is 14.9 Å². The number of thiophene rings is 1. The Morgan fingerprint density at radius 3 is 2.68 bits per heavy atom. The van der Waals surface area contributed by atoms with Gasteiger partial charge in [0.1, 0.15) is 9.71 Å². The van der Waals surface area contributed by atoms with Gasteiger partial charge in [0.05, 0.1) is 16.3 Å². The van der Waals surface area contributed by atoms with Crippen LogP contribution in [0.1, 0.15) is 15.4 Å². The van der Waals surface area contributed by atoms with Crippen LogP contribution in [0.5, 0.6) is 0 Å². The topological polar surface area (TPSA) is 116 Å². The molecule has 0 aliphatic rings. The molecule has 0 fully saturated rings. The number of carbonyl (C=O) groups is 2. The molecule has 2 heterocycles. The molecule has 31 heavy (non-hydrogen) atoms. The van der Waals surface area contributed by atoms with Gasteiger partial charge in [-0.25, -0.2) is 9.48 Å². The van der Waals surface area contributed by atoms with Crippen molar-refractivity contribution in [1.82, 2.24) is 9.78 Å². The molecule has 0 bridgehead atoms. The summed E-state index contributed by atoms with van der Waals surface area (Å²) in [4.78, 5) is 35.9. The zero-order valence-corrected chi connectivity index (χ0v) is 17.1. The third-order valence-corrected chi connectivity index (χ3v) is 5.51. The maximum absolute atomic E-state index is 12.5. The number of nitrogens with zero attached hydrogens (tertiary/aromatic N) is 3. The first-order valence-electron chi connectivity index (χ1n) is 9.18. The zero-order chi connectivity index (χ0) is 22.0. The summed E-state index contributed by atoms with van der Waals surface area (Å²) in [6, 6.07) is 16.8. The molecule has 0 saturated heterocycles. The molecule has 2 aromatic carbocycles. The van der Waals surface area contributed by atoms with Crippen molar-refractivity contribution >= 4 is 44.8 Å². The third kappa shape index (κ3) is 4.28. The number of ether oxygens (including phenoxy) is 1. The molecule has 0 aliphatic heterocycles. The summed E-state index contributed by atoms with van der Waals surface area (Å²) in [6.07, 6.45) is 0. The summed E-state index contributed by atoms with van der Waals surface area (Å²) in [5, 5.41) is 18.7. The molecule has 10 heteroatoms. The standard InChI is InChI=1S/C21H16N4O5S/c1-13-17-11-18(31-20(17)24(23-13)15-7-3-2-4-8-15)21(27)30-12-19(26)22-14-6-5-9-16(10-14)25(28)29/h2-11H,12H2,1H3,(H,22,26). The fraction of sp³-hybridized carbons (Fsp3) is 0.0952. The normalized spacial score (nSPS) is 10.7. The number of para-hydroxylation sites is 1. The summed E-state index contributed by atoms with van der Waals surface area (Å²) in [5.74, 6) is -1.23. The van der Waals surface area contributed by atoms with Crippen LogP contribution in [0.15, 0.2) is 60.7 Å². The van der Waals surface area contributed by atoms with E-state index < -0.39 is 23.4 Å². The van der Waals surface area contributed by atoms with Crippen LogP contribution < -0.4 is 5.32 Å². The minimum absolute atomic E-state index is 0.150. The SMILES string of the molecule is Cc1nn(-c2ccccc2)c2sc(C(=O)OCC(=O)Nc3cccc([N+](=O)[O-])c3)cc12. The van der Waals surface area contributed by atoms with Gasteiger partial charge in [0.2, 0.25) is 0 Å². The Hall–Kier alpha value is -4.05. The number of aryl methyl sites for hydroxylation is 1. The van der Waals surface area contributed by atoms with Gasteiger partial charge in [-0.1, -0.05) is 24.3 Å². The number of aromatic nitrogens is 2. The van der Waals surface area contributed by atoms with Crippen molar-refractivity contribution in [3.63, 3.8) is 0 Å². The first kappa shape index (κ1) is 20.2. The maximum atomic E-state index is 12.5. The van der Waals surface area contributed by atoms with E-state index in [9.17, 15) is 19.7 Å². The lowest BCUT2D eigenvalue weighted by Crippen LogP contribution is -2.20. The largest absolute Gasteiger partial charge is 0.451 e. The van der Waals surface area contributed by atoms with E-state index in [0.29, 0.717) is 4.88 Å². The van der Waals surface area contributed by atoms with E-state index in [1.165, 1.54) is 35.6 Å². The highest BCUT2D eigenvalue weighted by molar-refractivity contribution is 7.20. The van der Waals surface area contributed by atoms with Crippen LogP contribution in [-0.4, -0.2) is 33.2 Å². The summed E-state index contributed by atoms with van der Waals surface area (Å²) in [5.41, 5.74) is 1.75. The molecule has 4 rings (SSSR count). The molecule has 0 unspecified atom stereocenters. The predicted molar refractivity (Wildman–Crippen MR) is 116 cm³/mol. The Balaban J connectivity index is 1.45. The van der Waals surface area contributed by atoms with E-state index in [0.717, 1.165) is 21.6 Å². The fourth-order valence-corrected chi connectivity index (χ4v) is 4.07. The number of hydrogen-bond donors (Lipinski definition) is 1. The molecule has 0 atom stereocenters. The van der Waals surface area contributed by atoms with Gasteiger partial charge in [-0.15, -0.1) is 11.3 Å². The number of nitro benzene ring substituents is 1. The second-order valence-corrected chi connectivity index (χ2v) is 7.62. The first-order chi connectivity index (χ1) is 14.9. The van der Waals surface area contributed by atoms with E-state index in [-0.39, 0.29) is 11.4 Å². The highest BCUT2D eigenvalue weighted by Crippen LogP contribution is 2.30. The number of hydrogen-bond acceptors (Lipinski definition) is 7. The number of benzene rings is 2. The molecule has 1 N–H and O–H groups in total. The second kappa shape index (κ2) is 8.36. The molecular weight excluding hydrogens is 420 g/mol. The van der Waals surface area contributed by atoms with E-state index in [1.54, 1.807) is 10.7 Å². The average molecular weight is 436 g/mol. The van der Waals surface area contributed by atoms with Crippen LogP contribution >= 0.6 is 11.3 Å². The number of fused-ring (bicyclic) bond motifs is 1. The van der Waals surface area contributed by atoms with Crippen LogP contribution in [0.25, 0.3) is 15.9 Å². The van der Waals surface area contributed by atoms with Crippen LogP contribution in [-0.2, 0) is 9.53 Å². The molecule has 0 radical (unpaired) electrons. The minimum Gasteiger partial charge on any atom is -0.451 e. The Kier molecular flexibility index (Phi) is 5.46. The number of nitrogens with one attached hydrogen (secondary N) is 1. The van der Waals surface area contributed by atoms with Gasteiger partial charge in [0.15, 0.2) is 6.61 Å². The van der Waals surface area contributed by atoms with Crippen molar-refractivity contribution in [2.75, 3.05) is 11.9 Å². The Morgan fingerprint density at radius 1 is 1.16 bits per heavy atom. The van der Waals surface area contributed by atoms with Gasteiger partial charge < -0.3 is 10.1 Å². The molecule has 2 aromatic heterocycles. The van der Waals surface area contributed by atoms with E-state index in [1.807, 2.05) is 37.3 Å². The summed E-state index contributed by atoms with van der Waals surface area (Å²) in [7, 11) is 0. The second-order valence-electron chi connectivity index (χ2n) is 6.59. The minimum atomic E-state index is -0.630. The van der Waals surface area contributed by atoms with E-state index >= 15 is 0 Å². The number of amides is 1. The molecule has 1 amide bonds. The van der Waals surface area contributed by atoms with Crippen molar-refractivity contribution in [1.29, 1.82) is 0 Å². The van der Waals surface area contributed by atoms with Crippen molar-refractivity contribution in [2.45, 2.75) is 6.92 Å². The average Bonchev–Trinajstić information content (AvgIpc) is 3.33. The summed E-state index contributed by atoms with van der Waals surface area (Å²) in [6.45, 7) is 1.34. The van der Waals surface area contributed by atoms with Gasteiger partial charge >= 0.3 is 5.97 Å². The number of non-ortho nitro benzene ring substituents is 1. The number of nitro groups is 1. The lowest BCUT2D eigenvalue weighted by atomic mass is 10.3. The monoisotopic (exact) mass is 436 g/mol. The molecule has 0 aliphatic carbocycles. The maximum Gasteiger partial charge on any atom is 0.348 e. The highest BCUT2D eigenvalue weighted by Gasteiger charge is 2.19. The number of rotatable bonds is 6. The number of carbonyl (C=O) groups excluding carboxylic acids is 2. The van der Waals surface area contributed by atoms with Crippen molar-refractivity contribution < 1.29 is 19.2 Å². The molecule has 9 nitrogen and oxygen atoms in total. The zero-order valence-electron chi connectivity index (χ0n) is 16.3. The molecule has 0 saturated carbocycles. The van der Waals surface area contributed by atoms with Crippen LogP contribution in [0.4, 0.5) is 11.4 Å². The highest BCUT2D eigenvalue weighted by atomic mass is 32.1. The molecule has 4 aromatic rings. The Morgan fingerprint density at radius 2 is 1.94 bits per heavy atom. The summed E-state index contributed by atoms with van der Waals surface area (Å²) < 4.78 is 6.89. The molecule has 156 valence electrons. The van der Waals surface area contributed by atoms with Gasteiger partial charge in [-0.2, -0.15) is 5.10 Å². The molecule has 0 spiro atoms. The van der Waals surface area contributed by atoms with Crippen molar-refractivity contribution in [3.05, 3.63) is 81.3 Å². The van der Waals surface area contributed by atoms with Gasteiger partial charge in [-0.05, 0) is 31.2 Å². The van der Waals surface area contributed by atoms with Crippen LogP contribution in [0.3, 0.4) is 0 Å². The number of esters is 1. The lowest BCUT2D eigenvalue weighted by molar-refractivity contribution is -0.384. The van der Waals surface area contributed by atoms with Gasteiger partial charge in [0.25, 0.3) is 11.6 Å². The quantitative estimate of drug-likeness (QED) is 0.276. The van der Waals surface area contributed by atoms with Crippen LogP contribution in [0, 0.1) is 17.0 Å². The lowest BCUT2D eigenvalue weighted by Gasteiger charge is -2.06. The van der Waals surface area contributed by atoms with E-state index in [2.05, 4.69) is 10.4 Å². The van der Waals surface area contributed by atoms with Crippen LogP contribution in [0.2, 0.25) is 0 Å². The Labute approximate surface area is 180 Å². The first-order valence-corrected chi connectivity index (χ1v) is 10.00. The third-order valence-electron chi connectivity index (χ3n) is 4.42. The van der Waals surface area contributed by atoms with Crippen molar-refractivity contribution in [3.8, 4) is 5.69 Å². The van der Waals surface area contributed by atoms with E-state index in [4.69, 9.17) is 4.74 Å². The van der Waals surface area contributed by atoms with Gasteiger partial charge in [0, 0.05) is 23.2 Å². The van der Waals surface area contributed by atoms with Crippen molar-refractivity contribution in [2.24, 2.45) is 0 Å². The number of anilines is 1. The smallest absolute Gasteiger partial charge is 0.348 e. The summed E-state index contributed by atoms with van der Waals surface area (Å²) >= 11 is 1.23. The fourth-order valence-electron chi connectivity index (χ4n) is 2.99.